The average molecular weight is 177 g/mol. The second kappa shape index (κ2) is 3.77. The van der Waals surface area contributed by atoms with E-state index in [2.05, 4.69) is 0 Å². The first kappa shape index (κ1) is 10.5. The summed E-state index contributed by atoms with van der Waals surface area (Å²) >= 11 is 5.41. The van der Waals surface area contributed by atoms with E-state index in [1.165, 1.54) is 5.54 Å². The van der Waals surface area contributed by atoms with E-state index in [1.807, 2.05) is 6.92 Å². The van der Waals surface area contributed by atoms with E-state index in [0.29, 0.717) is 6.42 Å². The molecule has 0 unspecified atom stereocenters. The fourth-order valence-electron chi connectivity index (χ4n) is 0.811. The van der Waals surface area contributed by atoms with Gasteiger partial charge in [0.1, 0.15) is 0 Å². The van der Waals surface area contributed by atoms with Crippen molar-refractivity contribution < 1.29 is 9.90 Å². The highest BCUT2D eigenvalue weighted by Crippen LogP contribution is 2.25. The Hall–Kier alpha value is -0.500. The normalized spacial score (nSPS) is 13.3. The Labute approximate surface area is 71.9 Å². The van der Waals surface area contributed by atoms with Gasteiger partial charge in [0, 0.05) is 5.54 Å². The molecule has 0 rings (SSSR count). The molecular formula is C8H13ClO2. The number of carboxylic acids is 1. The lowest BCUT2D eigenvalue weighted by molar-refractivity contribution is -0.146. The summed E-state index contributed by atoms with van der Waals surface area (Å²) in [5.74, 6) is -0.796. The SMILES string of the molecule is CC(=CCl)CC(C)(C)C(=O)O. The van der Waals surface area contributed by atoms with Crippen LogP contribution >= 0.6 is 11.6 Å². The summed E-state index contributed by atoms with van der Waals surface area (Å²) in [4.78, 5) is 10.6. The van der Waals surface area contributed by atoms with Gasteiger partial charge >= 0.3 is 5.97 Å². The van der Waals surface area contributed by atoms with Crippen molar-refractivity contribution >= 4 is 17.6 Å². The number of allylic oxidation sites excluding steroid dienone is 1. The standard InChI is InChI=1S/C8H13ClO2/c1-6(5-9)4-8(2,3)7(10)11/h5H,4H2,1-3H3,(H,10,11). The maximum Gasteiger partial charge on any atom is 0.309 e. The van der Waals surface area contributed by atoms with Crippen molar-refractivity contribution in [3.63, 3.8) is 0 Å². The number of carboxylic acid groups (broad SMARTS) is 1. The van der Waals surface area contributed by atoms with Crippen LogP contribution in [0.2, 0.25) is 0 Å². The van der Waals surface area contributed by atoms with Gasteiger partial charge in [-0.1, -0.05) is 17.2 Å². The maximum atomic E-state index is 10.6. The molecule has 0 spiro atoms. The summed E-state index contributed by atoms with van der Waals surface area (Å²) < 4.78 is 0. The van der Waals surface area contributed by atoms with Gasteiger partial charge < -0.3 is 5.11 Å². The molecule has 0 fully saturated rings. The van der Waals surface area contributed by atoms with Gasteiger partial charge in [0.15, 0.2) is 0 Å². The highest BCUT2D eigenvalue weighted by atomic mass is 35.5. The zero-order valence-corrected chi connectivity index (χ0v) is 7.77. The molecule has 0 atom stereocenters. The molecule has 0 aromatic carbocycles. The van der Waals surface area contributed by atoms with Crippen LogP contribution in [0.4, 0.5) is 0 Å². The molecular weight excluding hydrogens is 164 g/mol. The third-order valence-corrected chi connectivity index (χ3v) is 1.86. The first-order valence-electron chi connectivity index (χ1n) is 3.39. The van der Waals surface area contributed by atoms with Crippen LogP contribution in [0.25, 0.3) is 0 Å². The molecule has 0 bridgehead atoms. The van der Waals surface area contributed by atoms with Crippen LogP contribution in [0.1, 0.15) is 27.2 Å². The molecule has 0 heterocycles. The molecule has 0 aromatic rings. The zero-order chi connectivity index (χ0) is 9.07. The molecule has 64 valence electrons. The smallest absolute Gasteiger partial charge is 0.309 e. The molecule has 0 aromatic heterocycles. The van der Waals surface area contributed by atoms with Crippen LogP contribution in [0, 0.1) is 5.41 Å². The van der Waals surface area contributed by atoms with Crippen LogP contribution in [0.5, 0.6) is 0 Å². The van der Waals surface area contributed by atoms with Gasteiger partial charge in [0.2, 0.25) is 0 Å². The summed E-state index contributed by atoms with van der Waals surface area (Å²) in [7, 11) is 0. The Bertz CT molecular complexity index is 183. The Morgan fingerprint density at radius 3 is 2.36 bits per heavy atom. The predicted octanol–water partition coefficient (Wildman–Crippen LogP) is 2.63. The molecule has 1 N–H and O–H groups in total. The fourth-order valence-corrected chi connectivity index (χ4v) is 0.888. The topological polar surface area (TPSA) is 37.3 Å². The van der Waals surface area contributed by atoms with Crippen molar-refractivity contribution in [2.45, 2.75) is 27.2 Å². The summed E-state index contributed by atoms with van der Waals surface area (Å²) in [5.41, 5.74) is 1.60. The minimum Gasteiger partial charge on any atom is -0.481 e. The lowest BCUT2D eigenvalue weighted by atomic mass is 9.87. The summed E-state index contributed by atoms with van der Waals surface area (Å²) in [6, 6.07) is 0. The molecule has 11 heavy (non-hydrogen) atoms. The van der Waals surface area contributed by atoms with Crippen molar-refractivity contribution in [3.8, 4) is 0 Å². The number of carbonyl (C=O) groups is 1. The van der Waals surface area contributed by atoms with E-state index in [1.54, 1.807) is 13.8 Å². The van der Waals surface area contributed by atoms with Crippen LogP contribution in [-0.2, 0) is 4.79 Å². The molecule has 3 heteroatoms. The summed E-state index contributed by atoms with van der Waals surface area (Å²) in [6.45, 7) is 5.18. The van der Waals surface area contributed by atoms with Gasteiger partial charge in [-0.25, -0.2) is 0 Å². The van der Waals surface area contributed by atoms with Crippen molar-refractivity contribution in [3.05, 3.63) is 11.1 Å². The molecule has 0 saturated carbocycles. The van der Waals surface area contributed by atoms with Crippen molar-refractivity contribution in [2.75, 3.05) is 0 Å². The van der Waals surface area contributed by atoms with Crippen LogP contribution in [0.15, 0.2) is 11.1 Å². The third-order valence-electron chi connectivity index (χ3n) is 1.49. The average Bonchev–Trinajstić information content (AvgIpc) is 1.86. The number of halogens is 1. The minimum atomic E-state index is -0.796. The van der Waals surface area contributed by atoms with Gasteiger partial charge in [-0.2, -0.15) is 0 Å². The van der Waals surface area contributed by atoms with E-state index >= 15 is 0 Å². The summed E-state index contributed by atoms with van der Waals surface area (Å²) in [5, 5.41) is 8.72. The molecule has 0 saturated heterocycles. The van der Waals surface area contributed by atoms with Gasteiger partial charge in [-0.15, -0.1) is 0 Å². The number of aliphatic carboxylic acids is 1. The highest BCUT2D eigenvalue weighted by molar-refractivity contribution is 6.25. The lowest BCUT2D eigenvalue weighted by Gasteiger charge is -2.18. The van der Waals surface area contributed by atoms with Crippen molar-refractivity contribution in [1.29, 1.82) is 0 Å². The molecule has 0 aliphatic rings. The second-order valence-electron chi connectivity index (χ2n) is 3.32. The van der Waals surface area contributed by atoms with Crippen LogP contribution < -0.4 is 0 Å². The summed E-state index contributed by atoms with van der Waals surface area (Å²) in [6.07, 6.45) is 0.492. The van der Waals surface area contributed by atoms with Crippen LogP contribution in [-0.4, -0.2) is 11.1 Å². The first-order chi connectivity index (χ1) is 4.90. The van der Waals surface area contributed by atoms with Crippen molar-refractivity contribution in [2.24, 2.45) is 5.41 Å². The van der Waals surface area contributed by atoms with E-state index in [-0.39, 0.29) is 0 Å². The van der Waals surface area contributed by atoms with E-state index in [0.717, 1.165) is 5.57 Å². The van der Waals surface area contributed by atoms with Gasteiger partial charge in [0.05, 0.1) is 5.41 Å². The Kier molecular flexibility index (Phi) is 3.59. The Morgan fingerprint density at radius 2 is 2.09 bits per heavy atom. The quantitative estimate of drug-likeness (QED) is 0.718. The third kappa shape index (κ3) is 3.42. The zero-order valence-electron chi connectivity index (χ0n) is 7.02. The first-order valence-corrected chi connectivity index (χ1v) is 3.83. The highest BCUT2D eigenvalue weighted by Gasteiger charge is 2.26. The molecule has 2 nitrogen and oxygen atoms in total. The number of hydrogen-bond acceptors (Lipinski definition) is 1. The number of hydrogen-bond donors (Lipinski definition) is 1. The molecule has 0 aliphatic heterocycles. The Balaban J connectivity index is 4.24. The van der Waals surface area contributed by atoms with Crippen molar-refractivity contribution in [1.82, 2.24) is 0 Å². The minimum absolute atomic E-state index is 0.492. The fraction of sp³-hybridized carbons (Fsp3) is 0.625. The van der Waals surface area contributed by atoms with Gasteiger partial charge in [-0.3, -0.25) is 4.79 Å². The molecule has 0 aliphatic carbocycles. The number of rotatable bonds is 3. The van der Waals surface area contributed by atoms with E-state index < -0.39 is 11.4 Å². The predicted molar refractivity (Wildman–Crippen MR) is 45.6 cm³/mol. The van der Waals surface area contributed by atoms with E-state index in [9.17, 15) is 4.79 Å². The van der Waals surface area contributed by atoms with Gasteiger partial charge in [-0.05, 0) is 27.2 Å². The molecule has 0 amide bonds. The largest absolute Gasteiger partial charge is 0.481 e. The van der Waals surface area contributed by atoms with Crippen LogP contribution in [0.3, 0.4) is 0 Å². The van der Waals surface area contributed by atoms with Gasteiger partial charge in [0.25, 0.3) is 0 Å². The molecule has 0 radical (unpaired) electrons. The lowest BCUT2D eigenvalue weighted by Crippen LogP contribution is -2.23. The second-order valence-corrected chi connectivity index (χ2v) is 3.54. The maximum absolute atomic E-state index is 10.6. The Morgan fingerprint density at radius 1 is 1.64 bits per heavy atom. The monoisotopic (exact) mass is 176 g/mol. The van der Waals surface area contributed by atoms with E-state index in [4.69, 9.17) is 16.7 Å².